The molecule has 0 unspecified atom stereocenters. The first-order valence-electron chi connectivity index (χ1n) is 10.5. The van der Waals surface area contributed by atoms with Crippen LogP contribution < -0.4 is 10.6 Å². The molecule has 2 heterocycles. The van der Waals surface area contributed by atoms with E-state index in [9.17, 15) is 0 Å². The summed E-state index contributed by atoms with van der Waals surface area (Å²) in [6.45, 7) is 2.25. The molecule has 0 saturated heterocycles. The van der Waals surface area contributed by atoms with Crippen LogP contribution in [-0.2, 0) is 4.74 Å². The fourth-order valence-corrected chi connectivity index (χ4v) is 3.77. The summed E-state index contributed by atoms with van der Waals surface area (Å²) in [5.74, 6) is 0. The van der Waals surface area contributed by atoms with Crippen LogP contribution in [0, 0.1) is 0 Å². The van der Waals surface area contributed by atoms with Gasteiger partial charge in [0.1, 0.15) is 13.5 Å². The minimum absolute atomic E-state index is 0.489. The number of nitrogens with zero attached hydrogens (tertiary/aromatic N) is 4. The minimum atomic E-state index is 0.489. The Morgan fingerprint density at radius 2 is 1.18 bits per heavy atom. The van der Waals surface area contributed by atoms with Crippen molar-refractivity contribution in [3.05, 3.63) is 71.0 Å². The third kappa shape index (κ3) is 6.22. The first-order chi connectivity index (χ1) is 16.0. The Morgan fingerprint density at radius 3 is 1.64 bits per heavy atom. The molecule has 4 aromatic rings. The SMILES string of the molecule is CN(CNc1ccnc2cc(Cl)ccc12)COCN(C)CNc1ccnc2cc(Cl)ccc12. The molecule has 2 N–H and O–H groups in total. The summed E-state index contributed by atoms with van der Waals surface area (Å²) in [4.78, 5) is 12.9. The van der Waals surface area contributed by atoms with Gasteiger partial charge in [0, 0.05) is 44.6 Å². The molecule has 0 atom stereocenters. The van der Waals surface area contributed by atoms with E-state index in [-0.39, 0.29) is 0 Å². The van der Waals surface area contributed by atoms with Gasteiger partial charge in [-0.1, -0.05) is 23.2 Å². The number of halogens is 2. The topological polar surface area (TPSA) is 65.6 Å². The lowest BCUT2D eigenvalue weighted by atomic mass is 10.2. The van der Waals surface area contributed by atoms with E-state index in [4.69, 9.17) is 27.9 Å². The highest BCUT2D eigenvalue weighted by Crippen LogP contribution is 2.25. The van der Waals surface area contributed by atoms with Crippen LogP contribution in [-0.4, -0.2) is 60.7 Å². The molecule has 7 nitrogen and oxygen atoms in total. The van der Waals surface area contributed by atoms with E-state index >= 15 is 0 Å². The van der Waals surface area contributed by atoms with Gasteiger partial charge in [-0.3, -0.25) is 19.8 Å². The Hall–Kier alpha value is -2.68. The predicted molar refractivity (Wildman–Crippen MR) is 137 cm³/mol. The van der Waals surface area contributed by atoms with Crippen LogP contribution in [0.1, 0.15) is 0 Å². The third-order valence-electron chi connectivity index (χ3n) is 5.11. The Morgan fingerprint density at radius 1 is 0.727 bits per heavy atom. The van der Waals surface area contributed by atoms with E-state index in [0.717, 1.165) is 33.2 Å². The van der Waals surface area contributed by atoms with Crippen LogP contribution in [0.2, 0.25) is 10.0 Å². The number of hydrogen-bond donors (Lipinski definition) is 2. The summed E-state index contributed by atoms with van der Waals surface area (Å²) in [6, 6.07) is 15.3. The molecular weight excluding hydrogens is 459 g/mol. The van der Waals surface area contributed by atoms with Crippen molar-refractivity contribution in [2.45, 2.75) is 0 Å². The zero-order chi connectivity index (χ0) is 23.2. The number of rotatable bonds is 10. The molecule has 0 radical (unpaired) electrons. The Labute approximate surface area is 203 Å². The monoisotopic (exact) mass is 484 g/mol. The minimum Gasteiger partial charge on any atom is -0.372 e. The molecule has 0 aliphatic carbocycles. The number of ether oxygens (including phenoxy) is 1. The van der Waals surface area contributed by atoms with Gasteiger partial charge in [-0.05, 0) is 62.6 Å². The van der Waals surface area contributed by atoms with Crippen molar-refractivity contribution in [1.82, 2.24) is 19.8 Å². The van der Waals surface area contributed by atoms with Gasteiger partial charge in [-0.15, -0.1) is 0 Å². The van der Waals surface area contributed by atoms with E-state index < -0.39 is 0 Å². The highest BCUT2D eigenvalue weighted by Gasteiger charge is 2.06. The highest BCUT2D eigenvalue weighted by molar-refractivity contribution is 6.31. The molecule has 9 heteroatoms. The van der Waals surface area contributed by atoms with Crippen molar-refractivity contribution in [3.8, 4) is 0 Å². The maximum Gasteiger partial charge on any atom is 0.102 e. The quantitative estimate of drug-likeness (QED) is 0.295. The van der Waals surface area contributed by atoms with Gasteiger partial charge < -0.3 is 15.4 Å². The molecule has 0 spiro atoms. The maximum absolute atomic E-state index is 6.07. The molecule has 33 heavy (non-hydrogen) atoms. The number of anilines is 2. The average molecular weight is 485 g/mol. The van der Waals surface area contributed by atoms with Crippen LogP contribution >= 0.6 is 23.2 Å². The molecule has 2 aromatic heterocycles. The van der Waals surface area contributed by atoms with Gasteiger partial charge in [-0.2, -0.15) is 0 Å². The number of nitrogens with one attached hydrogen (secondary N) is 2. The molecule has 0 bridgehead atoms. The molecule has 0 amide bonds. The Kier molecular flexibility index (Phi) is 7.80. The zero-order valence-corrected chi connectivity index (χ0v) is 20.1. The number of aromatic nitrogens is 2. The molecule has 0 fully saturated rings. The van der Waals surface area contributed by atoms with E-state index in [1.165, 1.54) is 0 Å². The number of pyridine rings is 2. The molecule has 172 valence electrons. The van der Waals surface area contributed by atoms with Crippen LogP contribution in [0.25, 0.3) is 21.8 Å². The molecule has 0 aliphatic rings. The Bertz CT molecular complexity index is 1140. The summed E-state index contributed by atoms with van der Waals surface area (Å²) in [7, 11) is 4.00. The summed E-state index contributed by atoms with van der Waals surface area (Å²) in [5, 5.41) is 10.3. The van der Waals surface area contributed by atoms with Gasteiger partial charge >= 0.3 is 0 Å². The fraction of sp³-hybridized carbons (Fsp3) is 0.250. The molecule has 0 aliphatic heterocycles. The van der Waals surface area contributed by atoms with Crippen molar-refractivity contribution in [1.29, 1.82) is 0 Å². The van der Waals surface area contributed by atoms with Gasteiger partial charge in [0.2, 0.25) is 0 Å². The van der Waals surface area contributed by atoms with Gasteiger partial charge in [0.25, 0.3) is 0 Å². The lowest BCUT2D eigenvalue weighted by Crippen LogP contribution is -2.32. The summed E-state index contributed by atoms with van der Waals surface area (Å²) in [5.41, 5.74) is 3.75. The van der Waals surface area contributed by atoms with Crippen molar-refractivity contribution in [2.24, 2.45) is 0 Å². The van der Waals surface area contributed by atoms with E-state index in [1.54, 1.807) is 12.4 Å². The normalized spacial score (nSPS) is 11.6. The summed E-state index contributed by atoms with van der Waals surface area (Å²) >= 11 is 12.1. The first kappa shape index (κ1) is 23.5. The predicted octanol–water partition coefficient (Wildman–Crippen LogP) is 5.32. The third-order valence-corrected chi connectivity index (χ3v) is 5.58. The summed E-state index contributed by atoms with van der Waals surface area (Å²) in [6.07, 6.45) is 3.56. The maximum atomic E-state index is 6.07. The standard InChI is InChI=1S/C24H26Cl2N6O/c1-31(13-29-21-7-9-27-23-11-17(25)3-5-19(21)23)15-33-16-32(2)14-30-22-8-10-28-24-12-18(26)4-6-20(22)24/h3-12H,13-16H2,1-2H3,(H,27,29)(H,28,30). The van der Waals surface area contributed by atoms with Gasteiger partial charge in [0.05, 0.1) is 24.4 Å². The molecular formula is C24H26Cl2N6O. The van der Waals surface area contributed by atoms with Crippen LogP contribution in [0.4, 0.5) is 11.4 Å². The number of fused-ring (bicyclic) bond motifs is 2. The largest absolute Gasteiger partial charge is 0.372 e. The van der Waals surface area contributed by atoms with Crippen molar-refractivity contribution in [3.63, 3.8) is 0 Å². The highest BCUT2D eigenvalue weighted by atomic mass is 35.5. The van der Waals surface area contributed by atoms with E-state index in [2.05, 4.69) is 30.4 Å². The van der Waals surface area contributed by atoms with Gasteiger partial charge in [0.15, 0.2) is 0 Å². The second-order valence-electron chi connectivity index (χ2n) is 7.88. The molecule has 2 aromatic carbocycles. The van der Waals surface area contributed by atoms with Crippen LogP contribution in [0.15, 0.2) is 60.9 Å². The zero-order valence-electron chi connectivity index (χ0n) is 18.6. The first-order valence-corrected chi connectivity index (χ1v) is 11.3. The fourth-order valence-electron chi connectivity index (χ4n) is 3.43. The van der Waals surface area contributed by atoms with Gasteiger partial charge in [-0.25, -0.2) is 0 Å². The van der Waals surface area contributed by atoms with Crippen molar-refractivity contribution < 1.29 is 4.74 Å². The second-order valence-corrected chi connectivity index (χ2v) is 8.76. The van der Waals surface area contributed by atoms with Crippen molar-refractivity contribution in [2.75, 3.05) is 51.5 Å². The van der Waals surface area contributed by atoms with Crippen LogP contribution in [0.3, 0.4) is 0 Å². The summed E-state index contributed by atoms with van der Waals surface area (Å²) < 4.78 is 5.85. The molecule has 0 saturated carbocycles. The smallest absolute Gasteiger partial charge is 0.102 e. The van der Waals surface area contributed by atoms with Crippen LogP contribution in [0.5, 0.6) is 0 Å². The van der Waals surface area contributed by atoms with E-state index in [0.29, 0.717) is 36.8 Å². The number of benzene rings is 2. The molecule has 4 rings (SSSR count). The lowest BCUT2D eigenvalue weighted by Gasteiger charge is -2.22. The van der Waals surface area contributed by atoms with Crippen molar-refractivity contribution >= 4 is 56.4 Å². The average Bonchev–Trinajstić information content (AvgIpc) is 2.80. The number of hydrogen-bond acceptors (Lipinski definition) is 7. The lowest BCUT2D eigenvalue weighted by molar-refractivity contribution is -0.00862. The van der Waals surface area contributed by atoms with E-state index in [1.807, 2.05) is 62.6 Å². The Balaban J connectivity index is 1.21. The second kappa shape index (κ2) is 11.0.